The second-order valence-electron chi connectivity index (χ2n) is 3.90. The molecule has 15 heavy (non-hydrogen) atoms. The number of methoxy groups -OCH3 is 1. The van der Waals surface area contributed by atoms with Crippen LogP contribution in [0.4, 0.5) is 0 Å². The first-order chi connectivity index (χ1) is 7.01. The molecule has 90 valence electrons. The Bertz CT molecular complexity index is 188. The molecule has 0 aromatic heterocycles. The molecule has 0 aromatic rings. The number of rotatable bonds is 7. The maximum atomic E-state index is 10.9. The highest BCUT2D eigenvalue weighted by Crippen LogP contribution is 2.18. The van der Waals surface area contributed by atoms with Crippen molar-refractivity contribution in [1.29, 1.82) is 0 Å². The van der Waals surface area contributed by atoms with Crippen molar-refractivity contribution in [3.63, 3.8) is 0 Å². The number of aliphatic hydroxyl groups is 1. The van der Waals surface area contributed by atoms with Crippen molar-refractivity contribution in [3.8, 4) is 0 Å². The van der Waals surface area contributed by atoms with Crippen molar-refractivity contribution in [2.75, 3.05) is 19.5 Å². The minimum absolute atomic E-state index is 0.00442. The lowest BCUT2D eigenvalue weighted by atomic mass is 10.0. The van der Waals surface area contributed by atoms with E-state index in [1.54, 1.807) is 0 Å². The van der Waals surface area contributed by atoms with E-state index in [-0.39, 0.29) is 29.6 Å². The number of carbonyl (C=O) groups excluding carboxylic acids is 1. The topological polar surface area (TPSA) is 72.5 Å². The molecule has 0 radical (unpaired) electrons. The summed E-state index contributed by atoms with van der Waals surface area (Å²) >= 11 is 1.35. The smallest absolute Gasteiger partial charge is 0.315 e. The van der Waals surface area contributed by atoms with Crippen molar-refractivity contribution < 1.29 is 14.6 Å². The van der Waals surface area contributed by atoms with Gasteiger partial charge >= 0.3 is 5.97 Å². The summed E-state index contributed by atoms with van der Waals surface area (Å²) in [5.41, 5.74) is 5.92. The summed E-state index contributed by atoms with van der Waals surface area (Å²) in [6.45, 7) is 4.16. The minimum Gasteiger partial charge on any atom is -0.468 e. The molecule has 0 bridgehead atoms. The van der Waals surface area contributed by atoms with Crippen LogP contribution in [0, 0.1) is 5.92 Å². The average Bonchev–Trinajstić information content (AvgIpc) is 2.17. The number of hydrogen-bond acceptors (Lipinski definition) is 5. The van der Waals surface area contributed by atoms with Gasteiger partial charge in [0.25, 0.3) is 0 Å². The number of nitrogens with two attached hydrogens (primary N) is 1. The molecule has 0 aliphatic heterocycles. The van der Waals surface area contributed by atoms with E-state index in [4.69, 9.17) is 10.8 Å². The summed E-state index contributed by atoms with van der Waals surface area (Å²) in [5.74, 6) is 0.455. The molecule has 0 aromatic carbocycles. The van der Waals surface area contributed by atoms with Crippen LogP contribution in [-0.2, 0) is 9.53 Å². The monoisotopic (exact) mass is 235 g/mol. The fraction of sp³-hybridized carbons (Fsp3) is 0.900. The molecular formula is C10H21NO3S. The number of esters is 1. The summed E-state index contributed by atoms with van der Waals surface area (Å²) < 4.78 is 4.52. The van der Waals surface area contributed by atoms with E-state index in [0.29, 0.717) is 5.92 Å². The number of ether oxygens (including phenoxy) is 1. The quantitative estimate of drug-likeness (QED) is 0.633. The van der Waals surface area contributed by atoms with E-state index in [0.717, 1.165) is 6.42 Å². The van der Waals surface area contributed by atoms with E-state index >= 15 is 0 Å². The molecule has 4 nitrogen and oxygen atoms in total. The molecule has 0 aliphatic rings. The molecule has 2 unspecified atom stereocenters. The van der Waals surface area contributed by atoms with Gasteiger partial charge < -0.3 is 15.6 Å². The van der Waals surface area contributed by atoms with Crippen LogP contribution in [-0.4, -0.2) is 41.8 Å². The van der Waals surface area contributed by atoms with Crippen LogP contribution in [0.25, 0.3) is 0 Å². The number of hydrogen-bond donors (Lipinski definition) is 2. The number of carbonyl (C=O) groups is 1. The zero-order valence-corrected chi connectivity index (χ0v) is 10.4. The molecule has 0 saturated heterocycles. The fourth-order valence-corrected chi connectivity index (χ4v) is 2.17. The highest BCUT2D eigenvalue weighted by atomic mass is 32.2. The van der Waals surface area contributed by atoms with Gasteiger partial charge in [-0.3, -0.25) is 4.79 Å². The van der Waals surface area contributed by atoms with Crippen molar-refractivity contribution in [3.05, 3.63) is 0 Å². The van der Waals surface area contributed by atoms with E-state index in [1.807, 2.05) is 0 Å². The normalized spacial score (nSPS) is 15.1. The van der Waals surface area contributed by atoms with Crippen molar-refractivity contribution in [2.45, 2.75) is 31.6 Å². The summed E-state index contributed by atoms with van der Waals surface area (Å²) in [6, 6.07) is -0.0790. The van der Waals surface area contributed by atoms with E-state index in [2.05, 4.69) is 18.6 Å². The SMILES string of the molecule is COC(=O)CSC(CO)C(N)CC(C)C. The Kier molecular flexibility index (Phi) is 7.82. The highest BCUT2D eigenvalue weighted by Gasteiger charge is 2.19. The molecule has 0 aliphatic carbocycles. The van der Waals surface area contributed by atoms with Gasteiger partial charge in [-0.15, -0.1) is 11.8 Å². The number of thioether (sulfide) groups is 1. The highest BCUT2D eigenvalue weighted by molar-refractivity contribution is 8.00. The molecule has 5 heteroatoms. The van der Waals surface area contributed by atoms with Gasteiger partial charge in [-0.05, 0) is 12.3 Å². The molecule has 0 saturated carbocycles. The summed E-state index contributed by atoms with van der Waals surface area (Å²) in [7, 11) is 1.35. The van der Waals surface area contributed by atoms with E-state index in [9.17, 15) is 4.79 Å². The van der Waals surface area contributed by atoms with Crippen molar-refractivity contribution in [2.24, 2.45) is 11.7 Å². The minimum atomic E-state index is -0.282. The molecule has 3 N–H and O–H groups in total. The van der Waals surface area contributed by atoms with Gasteiger partial charge in [-0.1, -0.05) is 13.8 Å². The lowest BCUT2D eigenvalue weighted by molar-refractivity contribution is -0.137. The third-order valence-electron chi connectivity index (χ3n) is 2.04. The van der Waals surface area contributed by atoms with Crippen LogP contribution in [0.5, 0.6) is 0 Å². The van der Waals surface area contributed by atoms with Gasteiger partial charge in [0.1, 0.15) is 0 Å². The summed E-state index contributed by atoms with van der Waals surface area (Å²) in [5, 5.41) is 9.05. The van der Waals surface area contributed by atoms with E-state index < -0.39 is 0 Å². The van der Waals surface area contributed by atoms with Gasteiger partial charge in [0.2, 0.25) is 0 Å². The third kappa shape index (κ3) is 6.76. The van der Waals surface area contributed by atoms with Crippen LogP contribution in [0.2, 0.25) is 0 Å². The molecule has 2 atom stereocenters. The predicted molar refractivity (Wildman–Crippen MR) is 62.8 cm³/mol. The van der Waals surface area contributed by atoms with Crippen molar-refractivity contribution in [1.82, 2.24) is 0 Å². The Balaban J connectivity index is 3.95. The Hall–Kier alpha value is -0.260. The average molecular weight is 235 g/mol. The van der Waals surface area contributed by atoms with Crippen LogP contribution < -0.4 is 5.73 Å². The molecule has 0 rings (SSSR count). The largest absolute Gasteiger partial charge is 0.468 e. The number of aliphatic hydroxyl groups excluding tert-OH is 1. The summed E-state index contributed by atoms with van der Waals surface area (Å²) in [4.78, 5) is 10.9. The zero-order valence-electron chi connectivity index (χ0n) is 9.60. The molecule has 0 heterocycles. The lowest BCUT2D eigenvalue weighted by Crippen LogP contribution is -2.36. The Morgan fingerprint density at radius 1 is 1.53 bits per heavy atom. The van der Waals surface area contributed by atoms with Crippen LogP contribution in [0.15, 0.2) is 0 Å². The van der Waals surface area contributed by atoms with Crippen LogP contribution >= 0.6 is 11.8 Å². The standard InChI is InChI=1S/C10H21NO3S/c1-7(2)4-8(11)9(5-12)15-6-10(13)14-3/h7-9,12H,4-6,11H2,1-3H3. The van der Waals surface area contributed by atoms with Crippen molar-refractivity contribution >= 4 is 17.7 Å². The fourth-order valence-electron chi connectivity index (χ4n) is 1.24. The Morgan fingerprint density at radius 3 is 2.53 bits per heavy atom. The maximum Gasteiger partial charge on any atom is 0.315 e. The molecule has 0 amide bonds. The molecule has 0 fully saturated rings. The third-order valence-corrected chi connectivity index (χ3v) is 3.37. The summed E-state index contributed by atoms with van der Waals surface area (Å²) in [6.07, 6.45) is 0.847. The van der Waals surface area contributed by atoms with Gasteiger partial charge in [-0.25, -0.2) is 0 Å². The first kappa shape index (κ1) is 14.7. The van der Waals surface area contributed by atoms with Crippen LogP contribution in [0.1, 0.15) is 20.3 Å². The maximum absolute atomic E-state index is 10.9. The van der Waals surface area contributed by atoms with Gasteiger partial charge in [-0.2, -0.15) is 0 Å². The first-order valence-electron chi connectivity index (χ1n) is 5.06. The van der Waals surface area contributed by atoms with E-state index in [1.165, 1.54) is 18.9 Å². The van der Waals surface area contributed by atoms with Gasteiger partial charge in [0.05, 0.1) is 19.5 Å². The van der Waals surface area contributed by atoms with Gasteiger partial charge in [0.15, 0.2) is 0 Å². The molecular weight excluding hydrogens is 214 g/mol. The van der Waals surface area contributed by atoms with Crippen LogP contribution in [0.3, 0.4) is 0 Å². The second kappa shape index (κ2) is 7.96. The molecule has 0 spiro atoms. The second-order valence-corrected chi connectivity index (χ2v) is 5.13. The first-order valence-corrected chi connectivity index (χ1v) is 6.11. The predicted octanol–water partition coefficient (Wildman–Crippen LogP) is 0.627. The zero-order chi connectivity index (χ0) is 11.8. The lowest BCUT2D eigenvalue weighted by Gasteiger charge is -2.22. The Labute approximate surface area is 95.6 Å². The van der Waals surface area contributed by atoms with Gasteiger partial charge in [0, 0.05) is 11.3 Å². The Morgan fingerprint density at radius 2 is 2.13 bits per heavy atom.